The van der Waals surface area contributed by atoms with Crippen molar-refractivity contribution >= 4 is 11.6 Å². The van der Waals surface area contributed by atoms with Gasteiger partial charge in [0.1, 0.15) is 5.02 Å². The van der Waals surface area contributed by atoms with E-state index in [1.54, 1.807) is 0 Å². The Kier molecular flexibility index (Phi) is 2.61. The van der Waals surface area contributed by atoms with E-state index in [2.05, 4.69) is 0 Å². The van der Waals surface area contributed by atoms with E-state index in [-0.39, 0.29) is 16.8 Å². The zero-order valence-electron chi connectivity index (χ0n) is 7.74. The second kappa shape index (κ2) is 3.38. The van der Waals surface area contributed by atoms with E-state index in [1.807, 2.05) is 13.8 Å². The molecule has 0 aromatic carbocycles. The molecule has 0 saturated carbocycles. The minimum absolute atomic E-state index is 0.00296. The van der Waals surface area contributed by atoms with E-state index in [9.17, 15) is 9.59 Å². The van der Waals surface area contributed by atoms with E-state index >= 15 is 0 Å². The Bertz CT molecular complexity index is 431. The minimum atomic E-state index is -0.455. The number of aromatic nitrogens is 2. The molecule has 0 aliphatic carbocycles. The first kappa shape index (κ1) is 10.1. The Balaban J connectivity index is 3.60. The van der Waals surface area contributed by atoms with Crippen LogP contribution < -0.4 is 11.2 Å². The number of hydrogen-bond donors (Lipinski definition) is 0. The second-order valence-corrected chi connectivity index (χ2v) is 3.53. The third-order valence-electron chi connectivity index (χ3n) is 1.83. The van der Waals surface area contributed by atoms with Crippen molar-refractivity contribution in [2.75, 3.05) is 0 Å². The number of hydrogen-bond acceptors (Lipinski definition) is 2. The van der Waals surface area contributed by atoms with Gasteiger partial charge in [0, 0.05) is 19.3 Å². The van der Waals surface area contributed by atoms with Crippen LogP contribution in [0.25, 0.3) is 0 Å². The van der Waals surface area contributed by atoms with Gasteiger partial charge in [0.05, 0.1) is 0 Å². The van der Waals surface area contributed by atoms with Crippen LogP contribution in [0.2, 0.25) is 5.02 Å². The fraction of sp³-hybridized carbons (Fsp3) is 0.500. The molecule has 5 heteroatoms. The first-order chi connectivity index (χ1) is 5.95. The van der Waals surface area contributed by atoms with Crippen LogP contribution in [-0.4, -0.2) is 9.13 Å². The maximum Gasteiger partial charge on any atom is 0.331 e. The predicted octanol–water partition coefficient (Wildman–Crippen LogP) is 0.781. The van der Waals surface area contributed by atoms with Gasteiger partial charge in [-0.25, -0.2) is 4.79 Å². The number of rotatable bonds is 1. The summed E-state index contributed by atoms with van der Waals surface area (Å²) in [5.41, 5.74) is -0.798. The average Bonchev–Trinajstić information content (AvgIpc) is 2.07. The fourth-order valence-corrected chi connectivity index (χ4v) is 1.25. The van der Waals surface area contributed by atoms with Gasteiger partial charge in [0.15, 0.2) is 0 Å². The average molecular weight is 203 g/mol. The largest absolute Gasteiger partial charge is 0.331 e. The molecular formula is C8H11ClN2O2. The van der Waals surface area contributed by atoms with Crippen molar-refractivity contribution in [2.24, 2.45) is 7.05 Å². The van der Waals surface area contributed by atoms with E-state index in [4.69, 9.17) is 11.6 Å². The van der Waals surface area contributed by atoms with Crippen molar-refractivity contribution in [1.29, 1.82) is 0 Å². The van der Waals surface area contributed by atoms with Crippen LogP contribution >= 0.6 is 11.6 Å². The van der Waals surface area contributed by atoms with Crippen molar-refractivity contribution in [1.82, 2.24) is 9.13 Å². The molecule has 0 aliphatic heterocycles. The summed E-state index contributed by atoms with van der Waals surface area (Å²) in [5, 5.41) is 0.0656. The lowest BCUT2D eigenvalue weighted by Gasteiger charge is -2.10. The standard InChI is InChI=1S/C8H11ClN2O2/c1-5(2)11-4-6(9)7(12)10(3)8(11)13/h4-5H,1-3H3. The first-order valence-electron chi connectivity index (χ1n) is 3.93. The highest BCUT2D eigenvalue weighted by molar-refractivity contribution is 6.30. The summed E-state index contributed by atoms with van der Waals surface area (Å²) in [6, 6.07) is -0.00296. The molecule has 0 fully saturated rings. The lowest BCUT2D eigenvalue weighted by molar-refractivity contribution is 0.533. The van der Waals surface area contributed by atoms with Crippen molar-refractivity contribution < 1.29 is 0 Å². The Hall–Kier alpha value is -1.03. The van der Waals surface area contributed by atoms with E-state index in [0.717, 1.165) is 4.57 Å². The molecule has 1 aromatic rings. The maximum absolute atomic E-state index is 11.5. The van der Waals surface area contributed by atoms with E-state index in [1.165, 1.54) is 17.8 Å². The highest BCUT2D eigenvalue weighted by atomic mass is 35.5. The normalized spacial score (nSPS) is 10.8. The van der Waals surface area contributed by atoms with Gasteiger partial charge in [0.2, 0.25) is 0 Å². The smallest absolute Gasteiger partial charge is 0.296 e. The molecule has 1 aromatic heterocycles. The molecule has 1 rings (SSSR count). The monoisotopic (exact) mass is 202 g/mol. The summed E-state index contributed by atoms with van der Waals surface area (Å²) in [6.07, 6.45) is 1.37. The van der Waals surface area contributed by atoms with Gasteiger partial charge < -0.3 is 0 Å². The molecule has 0 unspecified atom stereocenters. The van der Waals surface area contributed by atoms with Crippen LogP contribution in [0.1, 0.15) is 19.9 Å². The molecule has 4 nitrogen and oxygen atoms in total. The lowest BCUT2D eigenvalue weighted by atomic mass is 10.4. The van der Waals surface area contributed by atoms with Crippen molar-refractivity contribution in [3.63, 3.8) is 0 Å². The van der Waals surface area contributed by atoms with Gasteiger partial charge in [-0.15, -0.1) is 0 Å². The van der Waals surface area contributed by atoms with Crippen LogP contribution in [-0.2, 0) is 7.05 Å². The maximum atomic E-state index is 11.5. The molecule has 0 N–H and O–H groups in total. The Morgan fingerprint density at radius 3 is 2.38 bits per heavy atom. The van der Waals surface area contributed by atoms with Crippen LogP contribution in [0.5, 0.6) is 0 Å². The van der Waals surface area contributed by atoms with Gasteiger partial charge in [-0.3, -0.25) is 13.9 Å². The molecule has 0 bridgehead atoms. The van der Waals surface area contributed by atoms with E-state index in [0.29, 0.717) is 0 Å². The highest BCUT2D eigenvalue weighted by Gasteiger charge is 2.08. The molecule has 0 aliphatic rings. The lowest BCUT2D eigenvalue weighted by Crippen LogP contribution is -2.38. The minimum Gasteiger partial charge on any atom is -0.296 e. The molecule has 1 heterocycles. The van der Waals surface area contributed by atoms with Crippen LogP contribution in [0.3, 0.4) is 0 Å². The van der Waals surface area contributed by atoms with Crippen LogP contribution in [0.4, 0.5) is 0 Å². The third kappa shape index (κ3) is 1.67. The van der Waals surface area contributed by atoms with Gasteiger partial charge in [-0.1, -0.05) is 11.6 Å². The second-order valence-electron chi connectivity index (χ2n) is 3.12. The summed E-state index contributed by atoms with van der Waals surface area (Å²) < 4.78 is 2.42. The van der Waals surface area contributed by atoms with E-state index < -0.39 is 5.56 Å². The van der Waals surface area contributed by atoms with Gasteiger partial charge >= 0.3 is 5.69 Å². The first-order valence-corrected chi connectivity index (χ1v) is 4.30. The third-order valence-corrected chi connectivity index (χ3v) is 2.08. The number of nitrogens with zero attached hydrogens (tertiary/aromatic N) is 2. The number of halogens is 1. The van der Waals surface area contributed by atoms with Crippen molar-refractivity contribution in [2.45, 2.75) is 19.9 Å². The molecule has 72 valence electrons. The summed E-state index contributed by atoms with van der Waals surface area (Å²) in [4.78, 5) is 22.6. The summed E-state index contributed by atoms with van der Waals surface area (Å²) in [7, 11) is 1.41. The molecular weight excluding hydrogens is 192 g/mol. The Morgan fingerprint density at radius 1 is 1.38 bits per heavy atom. The molecule has 0 spiro atoms. The molecule has 0 amide bonds. The zero-order chi connectivity index (χ0) is 10.2. The molecule has 0 atom stereocenters. The SMILES string of the molecule is CC(C)n1cc(Cl)c(=O)n(C)c1=O. The summed E-state index contributed by atoms with van der Waals surface area (Å²) >= 11 is 5.64. The highest BCUT2D eigenvalue weighted by Crippen LogP contribution is 2.03. The van der Waals surface area contributed by atoms with Crippen LogP contribution in [0, 0.1) is 0 Å². The Morgan fingerprint density at radius 2 is 1.92 bits per heavy atom. The van der Waals surface area contributed by atoms with Crippen molar-refractivity contribution in [3.05, 3.63) is 32.1 Å². The van der Waals surface area contributed by atoms with Gasteiger partial charge in [-0.05, 0) is 13.8 Å². The Labute approximate surface area is 80.4 Å². The van der Waals surface area contributed by atoms with Crippen LogP contribution in [0.15, 0.2) is 15.8 Å². The quantitative estimate of drug-likeness (QED) is 0.676. The summed E-state index contributed by atoms with van der Waals surface area (Å²) in [5.74, 6) is 0. The molecule has 0 saturated heterocycles. The zero-order valence-corrected chi connectivity index (χ0v) is 8.50. The summed E-state index contributed by atoms with van der Waals surface area (Å²) in [6.45, 7) is 3.70. The van der Waals surface area contributed by atoms with Crippen molar-refractivity contribution in [3.8, 4) is 0 Å². The van der Waals surface area contributed by atoms with Gasteiger partial charge in [0.25, 0.3) is 5.56 Å². The predicted molar refractivity (Wildman–Crippen MR) is 51.3 cm³/mol. The van der Waals surface area contributed by atoms with Gasteiger partial charge in [-0.2, -0.15) is 0 Å². The fourth-order valence-electron chi connectivity index (χ4n) is 1.02. The topological polar surface area (TPSA) is 44.0 Å². The molecule has 13 heavy (non-hydrogen) atoms. The molecule has 0 radical (unpaired) electrons.